The molecule has 0 saturated carbocycles. The van der Waals surface area contributed by atoms with E-state index >= 15 is 0 Å². The van der Waals surface area contributed by atoms with E-state index in [-0.39, 0.29) is 12.3 Å². The van der Waals surface area contributed by atoms with Gasteiger partial charge in [0.1, 0.15) is 0 Å². The first-order chi connectivity index (χ1) is 12.7. The molecule has 0 amide bonds. The fourth-order valence-electron chi connectivity index (χ4n) is 3.27. The summed E-state index contributed by atoms with van der Waals surface area (Å²) in [6.07, 6.45) is 21.0. The molecule has 0 bridgehead atoms. The summed E-state index contributed by atoms with van der Waals surface area (Å²) in [6, 6.07) is 0. The molecule has 0 heterocycles. The summed E-state index contributed by atoms with van der Waals surface area (Å²) in [5.74, 6) is -0.111. The minimum Gasteiger partial charge on any atom is -0.436 e. The predicted molar refractivity (Wildman–Crippen MR) is 111 cm³/mol. The van der Waals surface area contributed by atoms with E-state index in [0.29, 0.717) is 13.0 Å². The van der Waals surface area contributed by atoms with Gasteiger partial charge in [0.25, 0.3) is 0 Å². The van der Waals surface area contributed by atoms with Crippen LogP contribution in [0.5, 0.6) is 0 Å². The van der Waals surface area contributed by atoms with Crippen LogP contribution in [0, 0.1) is 0 Å². The van der Waals surface area contributed by atoms with E-state index in [9.17, 15) is 4.79 Å². The number of carbonyl (C=O) groups excluding carboxylic acids is 1. The number of esters is 1. The highest BCUT2D eigenvalue weighted by atomic mass is 16.7. The van der Waals surface area contributed by atoms with Crippen molar-refractivity contribution in [2.24, 2.45) is 0 Å². The summed E-state index contributed by atoms with van der Waals surface area (Å²) in [5.41, 5.74) is 0. The van der Waals surface area contributed by atoms with Gasteiger partial charge in [-0.1, -0.05) is 104 Å². The Kier molecular flexibility index (Phi) is 20.3. The van der Waals surface area contributed by atoms with E-state index < -0.39 is 0 Å². The van der Waals surface area contributed by atoms with Crippen molar-refractivity contribution < 1.29 is 14.3 Å². The molecule has 3 heteroatoms. The van der Waals surface area contributed by atoms with Crippen molar-refractivity contribution in [1.82, 2.24) is 0 Å². The summed E-state index contributed by atoms with van der Waals surface area (Å²) >= 11 is 0. The summed E-state index contributed by atoms with van der Waals surface area (Å²) in [7, 11) is 0. The fourth-order valence-corrected chi connectivity index (χ4v) is 3.27. The maximum absolute atomic E-state index is 11.7. The van der Waals surface area contributed by atoms with E-state index in [0.717, 1.165) is 19.3 Å². The normalized spacial score (nSPS) is 12.3. The second kappa shape index (κ2) is 20.7. The van der Waals surface area contributed by atoms with E-state index in [1.54, 1.807) is 0 Å². The lowest BCUT2D eigenvalue weighted by molar-refractivity contribution is -0.178. The second-order valence-corrected chi connectivity index (χ2v) is 7.48. The monoisotopic (exact) mass is 370 g/mol. The Morgan fingerprint density at radius 2 is 1.08 bits per heavy atom. The molecule has 0 saturated heterocycles. The molecular formula is C23H46O3. The van der Waals surface area contributed by atoms with Crippen LogP contribution in [0.25, 0.3) is 0 Å². The van der Waals surface area contributed by atoms with Crippen LogP contribution >= 0.6 is 0 Å². The number of ether oxygens (including phenoxy) is 2. The van der Waals surface area contributed by atoms with E-state index in [2.05, 4.69) is 6.92 Å². The molecule has 156 valence electrons. The fraction of sp³-hybridized carbons (Fsp3) is 0.957. The Morgan fingerprint density at radius 1 is 0.654 bits per heavy atom. The van der Waals surface area contributed by atoms with Gasteiger partial charge in [-0.05, 0) is 13.3 Å². The van der Waals surface area contributed by atoms with Crippen LogP contribution in [-0.2, 0) is 14.3 Å². The van der Waals surface area contributed by atoms with Gasteiger partial charge in [0, 0.05) is 19.4 Å². The highest BCUT2D eigenvalue weighted by Crippen LogP contribution is 2.14. The van der Waals surface area contributed by atoms with Gasteiger partial charge in [-0.3, -0.25) is 4.79 Å². The van der Waals surface area contributed by atoms with Gasteiger partial charge < -0.3 is 9.47 Å². The molecule has 0 aromatic rings. The molecule has 1 unspecified atom stereocenters. The van der Waals surface area contributed by atoms with Gasteiger partial charge in [0.15, 0.2) is 0 Å². The van der Waals surface area contributed by atoms with Gasteiger partial charge in [0.2, 0.25) is 6.29 Å². The third kappa shape index (κ3) is 18.2. The Balaban J connectivity index is 3.22. The zero-order valence-electron chi connectivity index (χ0n) is 18.0. The molecule has 0 radical (unpaired) electrons. The van der Waals surface area contributed by atoms with Crippen LogP contribution in [0.1, 0.15) is 130 Å². The SMILES string of the molecule is CCCCCCCCCCCCCCCCCC(=O)OC(CC)OCC. The van der Waals surface area contributed by atoms with Crippen LogP contribution in [0.3, 0.4) is 0 Å². The van der Waals surface area contributed by atoms with Crippen molar-refractivity contribution in [1.29, 1.82) is 0 Å². The lowest BCUT2D eigenvalue weighted by Crippen LogP contribution is -2.20. The van der Waals surface area contributed by atoms with Crippen molar-refractivity contribution in [3.63, 3.8) is 0 Å². The van der Waals surface area contributed by atoms with Crippen molar-refractivity contribution in [3.05, 3.63) is 0 Å². The van der Waals surface area contributed by atoms with Crippen LogP contribution in [-0.4, -0.2) is 18.9 Å². The highest BCUT2D eigenvalue weighted by Gasteiger charge is 2.11. The van der Waals surface area contributed by atoms with E-state index in [4.69, 9.17) is 9.47 Å². The van der Waals surface area contributed by atoms with E-state index in [1.165, 1.54) is 83.5 Å². The molecule has 0 aliphatic carbocycles. The van der Waals surface area contributed by atoms with Gasteiger partial charge in [-0.15, -0.1) is 0 Å². The standard InChI is InChI=1S/C23H46O3/c1-4-7-8-9-10-11-12-13-14-15-16-17-18-19-20-21-22(24)26-23(5-2)25-6-3/h23H,4-21H2,1-3H3. The topological polar surface area (TPSA) is 35.5 Å². The molecule has 0 aromatic heterocycles. The number of hydrogen-bond acceptors (Lipinski definition) is 3. The van der Waals surface area contributed by atoms with Crippen LogP contribution in [0.2, 0.25) is 0 Å². The lowest BCUT2D eigenvalue weighted by Gasteiger charge is -2.15. The van der Waals surface area contributed by atoms with E-state index in [1.807, 2.05) is 13.8 Å². The average molecular weight is 371 g/mol. The minimum absolute atomic E-state index is 0.111. The largest absolute Gasteiger partial charge is 0.436 e. The van der Waals surface area contributed by atoms with Crippen LogP contribution in [0.15, 0.2) is 0 Å². The Bertz CT molecular complexity index is 291. The summed E-state index contributed by atoms with van der Waals surface area (Å²) in [5, 5.41) is 0. The van der Waals surface area contributed by atoms with Crippen LogP contribution < -0.4 is 0 Å². The van der Waals surface area contributed by atoms with Crippen molar-refractivity contribution in [2.75, 3.05) is 6.61 Å². The van der Waals surface area contributed by atoms with Gasteiger partial charge in [-0.25, -0.2) is 0 Å². The molecule has 1 atom stereocenters. The highest BCUT2D eigenvalue weighted by molar-refractivity contribution is 5.69. The molecule has 0 aromatic carbocycles. The number of carbonyl (C=O) groups is 1. The summed E-state index contributed by atoms with van der Waals surface area (Å²) in [6.45, 7) is 6.76. The Labute approximate surface area is 163 Å². The molecular weight excluding hydrogens is 324 g/mol. The summed E-state index contributed by atoms with van der Waals surface area (Å²) in [4.78, 5) is 11.7. The number of hydrogen-bond donors (Lipinski definition) is 0. The van der Waals surface area contributed by atoms with Gasteiger partial charge in [-0.2, -0.15) is 0 Å². The zero-order chi connectivity index (χ0) is 19.3. The average Bonchev–Trinajstić information content (AvgIpc) is 2.64. The maximum Gasteiger partial charge on any atom is 0.308 e. The molecule has 3 nitrogen and oxygen atoms in total. The first-order valence-electron chi connectivity index (χ1n) is 11.6. The molecule has 26 heavy (non-hydrogen) atoms. The zero-order valence-corrected chi connectivity index (χ0v) is 18.0. The second-order valence-electron chi connectivity index (χ2n) is 7.48. The third-order valence-corrected chi connectivity index (χ3v) is 4.93. The van der Waals surface area contributed by atoms with Crippen molar-refractivity contribution >= 4 is 5.97 Å². The molecule has 0 N–H and O–H groups in total. The summed E-state index contributed by atoms with van der Waals surface area (Å²) < 4.78 is 10.6. The first kappa shape index (κ1) is 25.4. The maximum atomic E-state index is 11.7. The molecule has 0 fully saturated rings. The third-order valence-electron chi connectivity index (χ3n) is 4.93. The molecule has 0 aliphatic heterocycles. The van der Waals surface area contributed by atoms with Gasteiger partial charge in [0.05, 0.1) is 0 Å². The number of rotatable bonds is 20. The predicted octanol–water partition coefficient (Wildman–Crippen LogP) is 7.56. The van der Waals surface area contributed by atoms with Crippen molar-refractivity contribution in [2.45, 2.75) is 136 Å². The lowest BCUT2D eigenvalue weighted by atomic mass is 10.0. The molecule has 0 aliphatic rings. The smallest absolute Gasteiger partial charge is 0.308 e. The van der Waals surface area contributed by atoms with Crippen LogP contribution in [0.4, 0.5) is 0 Å². The minimum atomic E-state index is -0.358. The Morgan fingerprint density at radius 3 is 1.46 bits per heavy atom. The van der Waals surface area contributed by atoms with Gasteiger partial charge >= 0.3 is 5.97 Å². The number of unbranched alkanes of at least 4 members (excludes halogenated alkanes) is 14. The quantitative estimate of drug-likeness (QED) is 0.126. The first-order valence-corrected chi connectivity index (χ1v) is 11.6. The molecule has 0 spiro atoms. The molecule has 0 rings (SSSR count). The van der Waals surface area contributed by atoms with Crippen molar-refractivity contribution in [3.8, 4) is 0 Å². The Hall–Kier alpha value is -0.570.